The summed E-state index contributed by atoms with van der Waals surface area (Å²) in [5.41, 5.74) is 7.02. The molecule has 0 radical (unpaired) electrons. The third-order valence-electron chi connectivity index (χ3n) is 5.60. The predicted octanol–water partition coefficient (Wildman–Crippen LogP) is 7.08. The number of hydrogen-bond donors (Lipinski definition) is 1. The summed E-state index contributed by atoms with van der Waals surface area (Å²) in [4.78, 5) is 12.8. The van der Waals surface area contributed by atoms with E-state index in [0.29, 0.717) is 42.6 Å². The highest BCUT2D eigenvalue weighted by molar-refractivity contribution is 9.10. The Hall–Kier alpha value is -4.10. The van der Waals surface area contributed by atoms with Gasteiger partial charge < -0.3 is 14.2 Å². The van der Waals surface area contributed by atoms with Gasteiger partial charge in [-0.2, -0.15) is 5.10 Å². The second-order valence-corrected chi connectivity index (χ2v) is 9.44. The molecule has 0 atom stereocenters. The highest BCUT2D eigenvalue weighted by Gasteiger charge is 2.12. The summed E-state index contributed by atoms with van der Waals surface area (Å²) < 4.78 is 18.5. The summed E-state index contributed by atoms with van der Waals surface area (Å²) in [6.45, 7) is 5.20. The second-order valence-electron chi connectivity index (χ2n) is 8.52. The van der Waals surface area contributed by atoms with E-state index >= 15 is 0 Å². The van der Waals surface area contributed by atoms with Gasteiger partial charge in [-0.05, 0) is 61.4 Å². The first kappa shape index (κ1) is 26.9. The van der Waals surface area contributed by atoms with Gasteiger partial charge in [-0.15, -0.1) is 0 Å². The number of halogens is 1. The van der Waals surface area contributed by atoms with Crippen molar-refractivity contribution in [3.63, 3.8) is 0 Å². The molecule has 0 aliphatic rings. The molecule has 194 valence electrons. The minimum atomic E-state index is -0.367. The fourth-order valence-electron chi connectivity index (χ4n) is 3.59. The van der Waals surface area contributed by atoms with Crippen LogP contribution < -0.4 is 19.6 Å². The molecule has 6 nitrogen and oxygen atoms in total. The van der Waals surface area contributed by atoms with Gasteiger partial charge >= 0.3 is 0 Å². The van der Waals surface area contributed by atoms with Gasteiger partial charge in [0.1, 0.15) is 19.0 Å². The molecule has 1 amide bonds. The Labute approximate surface area is 231 Å². The molecule has 0 saturated heterocycles. The van der Waals surface area contributed by atoms with Crippen LogP contribution in [0.3, 0.4) is 0 Å². The van der Waals surface area contributed by atoms with Crippen LogP contribution in [-0.4, -0.2) is 18.7 Å². The first-order valence-corrected chi connectivity index (χ1v) is 13.1. The van der Waals surface area contributed by atoms with Crippen LogP contribution in [0.2, 0.25) is 0 Å². The molecule has 4 rings (SSSR count). The summed E-state index contributed by atoms with van der Waals surface area (Å²) in [5, 5.41) is 4.16. The van der Waals surface area contributed by atoms with Crippen LogP contribution in [0.1, 0.15) is 39.5 Å². The van der Waals surface area contributed by atoms with E-state index in [9.17, 15) is 4.79 Å². The summed E-state index contributed by atoms with van der Waals surface area (Å²) in [6.07, 6.45) is 1.56. The van der Waals surface area contributed by atoms with E-state index in [1.165, 1.54) is 5.56 Å². The van der Waals surface area contributed by atoms with Gasteiger partial charge in [-0.3, -0.25) is 4.79 Å². The Morgan fingerprint density at radius 1 is 0.816 bits per heavy atom. The highest BCUT2D eigenvalue weighted by Crippen LogP contribution is 2.29. The van der Waals surface area contributed by atoms with E-state index in [-0.39, 0.29) is 5.91 Å². The maximum atomic E-state index is 12.8. The van der Waals surface area contributed by atoms with Crippen LogP contribution in [0.5, 0.6) is 17.2 Å². The van der Waals surface area contributed by atoms with E-state index in [1.807, 2.05) is 74.5 Å². The van der Waals surface area contributed by atoms with Crippen LogP contribution in [0.25, 0.3) is 0 Å². The lowest BCUT2D eigenvalue weighted by Crippen LogP contribution is -2.18. The molecule has 1 N–H and O–H groups in total. The lowest BCUT2D eigenvalue weighted by Gasteiger charge is -2.13. The van der Waals surface area contributed by atoms with Gasteiger partial charge in [0.2, 0.25) is 0 Å². The lowest BCUT2D eigenvalue weighted by molar-refractivity contribution is 0.0954. The smallest absolute Gasteiger partial charge is 0.271 e. The van der Waals surface area contributed by atoms with Crippen molar-refractivity contribution in [2.45, 2.75) is 27.1 Å². The molecule has 0 fully saturated rings. The fourth-order valence-corrected chi connectivity index (χ4v) is 3.97. The summed E-state index contributed by atoms with van der Waals surface area (Å²) >= 11 is 3.48. The van der Waals surface area contributed by atoms with Crippen molar-refractivity contribution < 1.29 is 19.0 Å². The van der Waals surface area contributed by atoms with Gasteiger partial charge in [-0.1, -0.05) is 76.1 Å². The van der Waals surface area contributed by atoms with Gasteiger partial charge in [0, 0.05) is 15.6 Å². The van der Waals surface area contributed by atoms with Crippen molar-refractivity contribution in [2.24, 2.45) is 5.10 Å². The first-order chi connectivity index (χ1) is 18.5. The maximum Gasteiger partial charge on any atom is 0.271 e. The number of ether oxygens (including phenoxy) is 3. The number of carbonyl (C=O) groups is 1. The minimum absolute atomic E-state index is 0.367. The number of rotatable bonds is 11. The SMILES string of the molecule is CCOc1cc(C(=O)N/N=C/c2cc(Br)ccc2OCc2ccc(C)cc2)ccc1OCc1ccccc1. The van der Waals surface area contributed by atoms with Crippen molar-refractivity contribution in [1.29, 1.82) is 0 Å². The summed E-state index contributed by atoms with van der Waals surface area (Å²) in [7, 11) is 0. The molecule has 0 saturated carbocycles. The first-order valence-electron chi connectivity index (χ1n) is 12.3. The predicted molar refractivity (Wildman–Crippen MR) is 153 cm³/mol. The number of nitrogens with one attached hydrogen (secondary N) is 1. The summed E-state index contributed by atoms with van der Waals surface area (Å²) in [5.74, 6) is 1.36. The molecule has 0 spiro atoms. The number of carbonyl (C=O) groups excluding carboxylic acids is 1. The number of benzene rings is 4. The standard InChI is InChI=1S/C31H29BrN2O4/c1-3-36-30-18-25(13-15-29(30)38-20-23-7-5-4-6-8-23)31(35)34-33-19-26-17-27(32)14-16-28(26)37-21-24-11-9-22(2)10-12-24/h4-19H,3,20-21H2,1-2H3,(H,34,35)/b33-19+. The molecular formula is C31H29BrN2O4. The average Bonchev–Trinajstić information content (AvgIpc) is 2.93. The van der Waals surface area contributed by atoms with Crippen molar-refractivity contribution in [1.82, 2.24) is 5.43 Å². The van der Waals surface area contributed by atoms with Gasteiger partial charge in [0.25, 0.3) is 5.91 Å². The van der Waals surface area contributed by atoms with E-state index in [1.54, 1.807) is 24.4 Å². The normalized spacial score (nSPS) is 10.8. The Balaban J connectivity index is 1.41. The van der Waals surface area contributed by atoms with Gasteiger partial charge in [-0.25, -0.2) is 5.43 Å². The van der Waals surface area contributed by atoms with Crippen molar-refractivity contribution in [3.05, 3.63) is 123 Å². The maximum absolute atomic E-state index is 12.8. The minimum Gasteiger partial charge on any atom is -0.490 e. The number of hydrogen-bond acceptors (Lipinski definition) is 5. The number of amides is 1. The molecular weight excluding hydrogens is 544 g/mol. The number of hydrazone groups is 1. The molecule has 0 heterocycles. The molecule has 4 aromatic carbocycles. The number of aryl methyl sites for hydroxylation is 1. The van der Waals surface area contributed by atoms with Crippen molar-refractivity contribution >= 4 is 28.1 Å². The molecule has 0 bridgehead atoms. The summed E-state index contributed by atoms with van der Waals surface area (Å²) in [6, 6.07) is 28.8. The quantitative estimate of drug-likeness (QED) is 0.154. The van der Waals surface area contributed by atoms with Crippen molar-refractivity contribution in [2.75, 3.05) is 6.61 Å². The Kier molecular flexibility index (Phi) is 9.54. The Morgan fingerprint density at radius 3 is 2.24 bits per heavy atom. The molecule has 4 aromatic rings. The van der Waals surface area contributed by atoms with Crippen LogP contribution in [-0.2, 0) is 13.2 Å². The van der Waals surface area contributed by atoms with E-state index < -0.39 is 0 Å². The third-order valence-corrected chi connectivity index (χ3v) is 6.09. The number of nitrogens with zero attached hydrogens (tertiary/aromatic N) is 1. The zero-order chi connectivity index (χ0) is 26.7. The highest BCUT2D eigenvalue weighted by atomic mass is 79.9. The van der Waals surface area contributed by atoms with Crippen LogP contribution in [0.15, 0.2) is 101 Å². The Bertz CT molecular complexity index is 1390. The Morgan fingerprint density at radius 2 is 1.50 bits per heavy atom. The molecule has 38 heavy (non-hydrogen) atoms. The molecule has 0 aliphatic heterocycles. The largest absolute Gasteiger partial charge is 0.490 e. The topological polar surface area (TPSA) is 69.2 Å². The molecule has 0 aromatic heterocycles. The fraction of sp³-hybridized carbons (Fsp3) is 0.161. The molecule has 0 unspecified atom stereocenters. The van der Waals surface area contributed by atoms with Crippen LogP contribution in [0, 0.1) is 6.92 Å². The van der Waals surface area contributed by atoms with Gasteiger partial charge in [0.05, 0.1) is 12.8 Å². The van der Waals surface area contributed by atoms with E-state index in [2.05, 4.69) is 38.6 Å². The molecule has 0 aliphatic carbocycles. The zero-order valence-corrected chi connectivity index (χ0v) is 22.9. The van der Waals surface area contributed by atoms with Crippen LogP contribution in [0.4, 0.5) is 0 Å². The van der Waals surface area contributed by atoms with E-state index in [4.69, 9.17) is 14.2 Å². The molecule has 7 heteroatoms. The van der Waals surface area contributed by atoms with E-state index in [0.717, 1.165) is 21.2 Å². The second kappa shape index (κ2) is 13.4. The lowest BCUT2D eigenvalue weighted by atomic mass is 10.1. The average molecular weight is 573 g/mol. The zero-order valence-electron chi connectivity index (χ0n) is 21.3. The van der Waals surface area contributed by atoms with Gasteiger partial charge in [0.15, 0.2) is 11.5 Å². The monoisotopic (exact) mass is 572 g/mol. The van der Waals surface area contributed by atoms with Crippen molar-refractivity contribution in [3.8, 4) is 17.2 Å². The van der Waals surface area contributed by atoms with Crippen LogP contribution >= 0.6 is 15.9 Å². The third kappa shape index (κ3) is 7.70.